The van der Waals surface area contributed by atoms with Crippen molar-refractivity contribution >= 4 is 17.4 Å². The zero-order chi connectivity index (χ0) is 11.1. The van der Waals surface area contributed by atoms with E-state index in [-0.39, 0.29) is 5.60 Å². The van der Waals surface area contributed by atoms with Crippen LogP contribution in [0, 0.1) is 6.92 Å². The number of ether oxygens (including phenoxy) is 1. The molecule has 2 rings (SSSR count). The number of halogens is 1. The molecule has 0 N–H and O–H groups in total. The Morgan fingerprint density at radius 2 is 2.13 bits per heavy atom. The lowest BCUT2D eigenvalue weighted by Crippen LogP contribution is -2.61. The van der Waals surface area contributed by atoms with Crippen molar-refractivity contribution < 1.29 is 4.74 Å². The summed E-state index contributed by atoms with van der Waals surface area (Å²) in [5.41, 5.74) is 0.835. The lowest BCUT2D eigenvalue weighted by atomic mass is 9.96. The molecule has 1 aromatic heterocycles. The van der Waals surface area contributed by atoms with Gasteiger partial charge >= 0.3 is 0 Å². The first-order valence-electron chi connectivity index (χ1n) is 4.84. The Bertz CT molecular complexity index is 357. The highest BCUT2D eigenvalue weighted by Gasteiger charge is 2.39. The summed E-state index contributed by atoms with van der Waals surface area (Å²) in [5.74, 6) is 0.877. The van der Waals surface area contributed by atoms with Crippen LogP contribution in [0.2, 0.25) is 5.28 Å². The van der Waals surface area contributed by atoms with Crippen LogP contribution in [-0.2, 0) is 4.74 Å². The van der Waals surface area contributed by atoms with Gasteiger partial charge in [-0.1, -0.05) is 0 Å². The smallest absolute Gasteiger partial charge is 0.224 e. The lowest BCUT2D eigenvalue weighted by molar-refractivity contribution is -0.0171. The van der Waals surface area contributed by atoms with Gasteiger partial charge in [0.2, 0.25) is 5.28 Å². The Balaban J connectivity index is 2.13. The number of aromatic nitrogens is 2. The van der Waals surface area contributed by atoms with Gasteiger partial charge in [-0.3, -0.25) is 0 Å². The summed E-state index contributed by atoms with van der Waals surface area (Å²) >= 11 is 5.80. The van der Waals surface area contributed by atoms with Crippen molar-refractivity contribution in [2.75, 3.05) is 25.1 Å². The average molecular weight is 228 g/mol. The number of hydrogen-bond acceptors (Lipinski definition) is 4. The van der Waals surface area contributed by atoms with Crippen LogP contribution >= 0.6 is 11.6 Å². The number of aryl methyl sites for hydroxylation is 1. The SMILES string of the molecule is COC1(C)CN(c2cc(C)nc(Cl)n2)C1. The molecular formula is C10H14ClN3O. The van der Waals surface area contributed by atoms with Crippen LogP contribution in [0.5, 0.6) is 0 Å². The van der Waals surface area contributed by atoms with Gasteiger partial charge < -0.3 is 9.64 Å². The van der Waals surface area contributed by atoms with Crippen LogP contribution < -0.4 is 4.90 Å². The average Bonchev–Trinajstić information content (AvgIpc) is 2.11. The first kappa shape index (κ1) is 10.6. The van der Waals surface area contributed by atoms with Crippen molar-refractivity contribution in [3.8, 4) is 0 Å². The van der Waals surface area contributed by atoms with Gasteiger partial charge in [-0.2, -0.15) is 0 Å². The highest BCUT2D eigenvalue weighted by Crippen LogP contribution is 2.28. The predicted molar refractivity (Wildman–Crippen MR) is 59.4 cm³/mol. The number of rotatable bonds is 2. The molecule has 1 fully saturated rings. The lowest BCUT2D eigenvalue weighted by Gasteiger charge is -2.47. The molecule has 5 heteroatoms. The maximum atomic E-state index is 5.80. The molecule has 1 saturated heterocycles. The normalized spacial score (nSPS) is 18.8. The molecule has 0 bridgehead atoms. The molecule has 0 spiro atoms. The molecule has 0 unspecified atom stereocenters. The Labute approximate surface area is 94.2 Å². The Morgan fingerprint density at radius 1 is 1.47 bits per heavy atom. The van der Waals surface area contributed by atoms with Gasteiger partial charge in [-0.25, -0.2) is 9.97 Å². The minimum absolute atomic E-state index is 0.0503. The van der Waals surface area contributed by atoms with E-state index in [1.54, 1.807) is 7.11 Å². The zero-order valence-corrected chi connectivity index (χ0v) is 9.88. The second-order valence-corrected chi connectivity index (χ2v) is 4.48. The number of methoxy groups -OCH3 is 1. The van der Waals surface area contributed by atoms with Crippen LogP contribution in [0.1, 0.15) is 12.6 Å². The van der Waals surface area contributed by atoms with E-state index in [9.17, 15) is 0 Å². The first-order valence-corrected chi connectivity index (χ1v) is 5.21. The van der Waals surface area contributed by atoms with E-state index >= 15 is 0 Å². The summed E-state index contributed by atoms with van der Waals surface area (Å²) in [5, 5.41) is 0.302. The molecule has 82 valence electrons. The second-order valence-electron chi connectivity index (χ2n) is 4.15. The van der Waals surface area contributed by atoms with Crippen molar-refractivity contribution in [2.45, 2.75) is 19.4 Å². The molecule has 4 nitrogen and oxygen atoms in total. The molecular weight excluding hydrogens is 214 g/mol. The van der Waals surface area contributed by atoms with E-state index in [1.807, 2.05) is 13.0 Å². The molecule has 0 radical (unpaired) electrons. The fraction of sp³-hybridized carbons (Fsp3) is 0.600. The molecule has 1 aromatic rings. The summed E-state index contributed by atoms with van der Waals surface area (Å²) in [6, 6.07) is 1.93. The summed E-state index contributed by atoms with van der Waals surface area (Å²) in [7, 11) is 1.73. The standard InChI is InChI=1S/C10H14ClN3O/c1-7-4-8(13-9(11)12-7)14-5-10(2,6-14)15-3/h4H,5-6H2,1-3H3. The summed E-state index contributed by atoms with van der Waals surface area (Å²) in [6.07, 6.45) is 0. The third kappa shape index (κ3) is 2.06. The molecule has 15 heavy (non-hydrogen) atoms. The third-order valence-electron chi connectivity index (χ3n) is 2.68. The summed E-state index contributed by atoms with van der Waals surface area (Å²) in [4.78, 5) is 10.3. The van der Waals surface area contributed by atoms with E-state index in [0.29, 0.717) is 5.28 Å². The van der Waals surface area contributed by atoms with Crippen LogP contribution in [0.15, 0.2) is 6.07 Å². The quantitative estimate of drug-likeness (QED) is 0.721. The van der Waals surface area contributed by atoms with Gasteiger partial charge in [0.1, 0.15) is 5.82 Å². The van der Waals surface area contributed by atoms with Gasteiger partial charge in [0, 0.05) is 32.0 Å². The Morgan fingerprint density at radius 3 is 2.67 bits per heavy atom. The van der Waals surface area contributed by atoms with Crippen LogP contribution in [0.3, 0.4) is 0 Å². The fourth-order valence-electron chi connectivity index (χ4n) is 1.73. The van der Waals surface area contributed by atoms with E-state index in [2.05, 4.69) is 21.8 Å². The molecule has 0 saturated carbocycles. The van der Waals surface area contributed by atoms with Crippen molar-refractivity contribution in [2.24, 2.45) is 0 Å². The molecule has 1 aliphatic rings. The second kappa shape index (κ2) is 3.61. The monoisotopic (exact) mass is 227 g/mol. The highest BCUT2D eigenvalue weighted by atomic mass is 35.5. The largest absolute Gasteiger partial charge is 0.375 e. The summed E-state index contributed by atoms with van der Waals surface area (Å²) < 4.78 is 5.37. The van der Waals surface area contributed by atoms with E-state index in [1.165, 1.54) is 0 Å². The highest BCUT2D eigenvalue weighted by molar-refractivity contribution is 6.28. The van der Waals surface area contributed by atoms with Gasteiger partial charge in [-0.15, -0.1) is 0 Å². The fourth-order valence-corrected chi connectivity index (χ4v) is 1.95. The van der Waals surface area contributed by atoms with E-state index < -0.39 is 0 Å². The zero-order valence-electron chi connectivity index (χ0n) is 9.12. The molecule has 2 heterocycles. The Kier molecular flexibility index (Phi) is 2.56. The minimum atomic E-state index is -0.0503. The first-order chi connectivity index (χ1) is 7.02. The molecule has 0 aromatic carbocycles. The predicted octanol–water partition coefficient (Wildman–Crippen LogP) is 1.66. The number of hydrogen-bond donors (Lipinski definition) is 0. The maximum Gasteiger partial charge on any atom is 0.224 e. The van der Waals surface area contributed by atoms with Crippen molar-refractivity contribution in [3.63, 3.8) is 0 Å². The minimum Gasteiger partial charge on any atom is -0.375 e. The van der Waals surface area contributed by atoms with Gasteiger partial charge in [0.25, 0.3) is 0 Å². The van der Waals surface area contributed by atoms with Crippen LogP contribution in [-0.4, -0.2) is 35.8 Å². The molecule has 0 aliphatic carbocycles. The topological polar surface area (TPSA) is 38.2 Å². The van der Waals surface area contributed by atoms with Gasteiger partial charge in [0.15, 0.2) is 0 Å². The van der Waals surface area contributed by atoms with E-state index in [4.69, 9.17) is 16.3 Å². The number of anilines is 1. The van der Waals surface area contributed by atoms with Crippen LogP contribution in [0.4, 0.5) is 5.82 Å². The molecule has 1 aliphatic heterocycles. The number of nitrogens with zero attached hydrogens (tertiary/aromatic N) is 3. The van der Waals surface area contributed by atoms with Crippen molar-refractivity contribution in [1.29, 1.82) is 0 Å². The summed E-state index contributed by atoms with van der Waals surface area (Å²) in [6.45, 7) is 5.68. The maximum absolute atomic E-state index is 5.80. The van der Waals surface area contributed by atoms with Gasteiger partial charge in [0.05, 0.1) is 5.60 Å². The Hall–Kier alpha value is -0.870. The van der Waals surface area contributed by atoms with Crippen molar-refractivity contribution in [3.05, 3.63) is 17.0 Å². The van der Waals surface area contributed by atoms with Crippen molar-refractivity contribution in [1.82, 2.24) is 9.97 Å². The van der Waals surface area contributed by atoms with Gasteiger partial charge in [-0.05, 0) is 25.4 Å². The van der Waals surface area contributed by atoms with Crippen LogP contribution in [0.25, 0.3) is 0 Å². The third-order valence-corrected chi connectivity index (χ3v) is 2.85. The molecule has 0 atom stereocenters. The van der Waals surface area contributed by atoms with E-state index in [0.717, 1.165) is 24.6 Å². The molecule has 0 amide bonds.